The molecule has 0 bridgehead atoms. The molecule has 5 atom stereocenters. The second-order valence-corrected chi connectivity index (χ2v) is 12.8. The molecule has 224 valence electrons. The molecule has 0 amide bonds. The molecule has 1 N–H and O–H groups in total. The van der Waals surface area contributed by atoms with Crippen LogP contribution in [0.15, 0.2) is 95.9 Å². The maximum absolute atomic E-state index is 13.4. The van der Waals surface area contributed by atoms with Crippen molar-refractivity contribution in [1.29, 1.82) is 0 Å². The fourth-order valence-electron chi connectivity index (χ4n) is 6.11. The molecule has 4 aromatic carbocycles. The number of fused-ring (bicyclic) bond motifs is 3. The zero-order valence-corrected chi connectivity index (χ0v) is 25.6. The van der Waals surface area contributed by atoms with Gasteiger partial charge in [-0.2, -0.15) is 0 Å². The first-order valence-electron chi connectivity index (χ1n) is 13.8. The van der Waals surface area contributed by atoms with Crippen LogP contribution in [0.4, 0.5) is 11.4 Å². The second kappa shape index (κ2) is 12.5. The van der Waals surface area contributed by atoms with Gasteiger partial charge in [-0.05, 0) is 72.0 Å². The highest BCUT2D eigenvalue weighted by Crippen LogP contribution is 2.58. The molecule has 1 aliphatic heterocycles. The summed E-state index contributed by atoms with van der Waals surface area (Å²) in [4.78, 5) is 37.5. The molecular weight excluding hydrogens is 623 g/mol. The van der Waals surface area contributed by atoms with Crippen LogP contribution in [0, 0.1) is 16.0 Å². The molecule has 0 saturated heterocycles. The number of benzene rings is 4. The molecule has 6 rings (SSSR count). The first kappa shape index (κ1) is 30.0. The van der Waals surface area contributed by atoms with Gasteiger partial charge in [-0.1, -0.05) is 48.0 Å². The number of methoxy groups -OCH3 is 1. The molecule has 44 heavy (non-hydrogen) atoms. The number of carbonyl (C=O) groups excluding carboxylic acids is 2. The van der Waals surface area contributed by atoms with Crippen molar-refractivity contribution in [1.82, 2.24) is 0 Å². The van der Waals surface area contributed by atoms with E-state index in [4.69, 9.17) is 32.7 Å². The van der Waals surface area contributed by atoms with Crippen molar-refractivity contribution >= 4 is 58.3 Å². The number of rotatable bonds is 7. The third-order valence-corrected chi connectivity index (χ3v) is 10.5. The number of nitro groups is 1. The highest BCUT2D eigenvalue weighted by molar-refractivity contribution is 8.00. The van der Waals surface area contributed by atoms with Crippen molar-refractivity contribution in [2.24, 2.45) is 5.92 Å². The van der Waals surface area contributed by atoms with Crippen LogP contribution in [-0.2, 0) is 4.74 Å². The van der Waals surface area contributed by atoms with E-state index >= 15 is 0 Å². The average molecular weight is 650 g/mol. The number of alkyl halides is 1. The van der Waals surface area contributed by atoms with Gasteiger partial charge >= 0.3 is 11.9 Å². The standard InChI is InChI=1S/C33H26Cl2N2O6S/c1-42-33(39)21-6-2-4-8-26(21)43-32(38)19-12-15-24-22(16-19)29-23(31(36-24)18-10-13-20(34)14-11-18)17-28(30(29)35)44-27-9-5-3-7-25(27)37(40)41/h2-16,23,28-31,36H,17H2,1H3/t23-,28+,29-,30+,31+/m1/s1. The number of esters is 2. The van der Waals surface area contributed by atoms with Gasteiger partial charge in [-0.25, -0.2) is 9.59 Å². The lowest BCUT2D eigenvalue weighted by Gasteiger charge is -2.38. The average Bonchev–Trinajstić information content (AvgIpc) is 3.36. The van der Waals surface area contributed by atoms with Gasteiger partial charge < -0.3 is 14.8 Å². The Bertz CT molecular complexity index is 1750. The summed E-state index contributed by atoms with van der Waals surface area (Å²) in [6.07, 6.45) is 0.677. The fourth-order valence-corrected chi connectivity index (χ4v) is 8.18. The first-order chi connectivity index (χ1) is 21.2. The summed E-state index contributed by atoms with van der Waals surface area (Å²) < 4.78 is 10.5. The van der Waals surface area contributed by atoms with E-state index in [1.165, 1.54) is 37.1 Å². The second-order valence-electron chi connectivity index (χ2n) is 10.6. The molecule has 0 spiro atoms. The molecule has 1 aliphatic carbocycles. The molecule has 4 aromatic rings. The lowest BCUT2D eigenvalue weighted by molar-refractivity contribution is -0.387. The van der Waals surface area contributed by atoms with Gasteiger partial charge in [0.2, 0.25) is 0 Å². The monoisotopic (exact) mass is 648 g/mol. The van der Waals surface area contributed by atoms with Crippen LogP contribution in [-0.4, -0.2) is 34.6 Å². The highest BCUT2D eigenvalue weighted by Gasteiger charge is 2.50. The Morgan fingerprint density at radius 2 is 1.70 bits per heavy atom. The zero-order valence-electron chi connectivity index (χ0n) is 23.3. The van der Waals surface area contributed by atoms with Gasteiger partial charge in [0.05, 0.1) is 33.9 Å². The van der Waals surface area contributed by atoms with Gasteiger partial charge in [0.15, 0.2) is 0 Å². The van der Waals surface area contributed by atoms with E-state index in [2.05, 4.69) is 5.32 Å². The van der Waals surface area contributed by atoms with Crippen molar-refractivity contribution in [2.75, 3.05) is 12.4 Å². The number of para-hydroxylation sites is 2. The number of hydrogen-bond donors (Lipinski definition) is 1. The van der Waals surface area contributed by atoms with Crippen LogP contribution >= 0.6 is 35.0 Å². The van der Waals surface area contributed by atoms with E-state index in [0.717, 1.165) is 16.8 Å². The predicted molar refractivity (Wildman–Crippen MR) is 170 cm³/mol. The third kappa shape index (κ3) is 5.75. The number of anilines is 1. The summed E-state index contributed by atoms with van der Waals surface area (Å²) in [7, 11) is 1.26. The lowest BCUT2D eigenvalue weighted by atomic mass is 9.77. The smallest absolute Gasteiger partial charge is 0.343 e. The molecule has 8 nitrogen and oxygen atoms in total. The van der Waals surface area contributed by atoms with Crippen LogP contribution in [0.5, 0.6) is 5.75 Å². The summed E-state index contributed by atoms with van der Waals surface area (Å²) >= 11 is 14.9. The van der Waals surface area contributed by atoms with Crippen LogP contribution in [0.25, 0.3) is 0 Å². The summed E-state index contributed by atoms with van der Waals surface area (Å²) in [6.45, 7) is 0. The number of halogens is 2. The number of nitro benzene ring substituents is 1. The molecule has 0 aromatic heterocycles. The van der Waals surface area contributed by atoms with Gasteiger partial charge in [0, 0.05) is 27.9 Å². The molecule has 2 aliphatic rings. The van der Waals surface area contributed by atoms with Crippen LogP contribution in [0.1, 0.15) is 50.2 Å². The van der Waals surface area contributed by atoms with E-state index in [-0.39, 0.29) is 45.1 Å². The molecule has 11 heteroatoms. The number of hydrogen-bond acceptors (Lipinski definition) is 8. The Labute approximate surface area is 267 Å². The fraction of sp³-hybridized carbons (Fsp3) is 0.212. The molecule has 0 unspecified atom stereocenters. The van der Waals surface area contributed by atoms with Gasteiger partial charge in [-0.15, -0.1) is 23.4 Å². The van der Waals surface area contributed by atoms with Gasteiger partial charge in [0.1, 0.15) is 11.3 Å². The Hall–Kier alpha value is -4.05. The maximum Gasteiger partial charge on any atom is 0.343 e. The zero-order chi connectivity index (χ0) is 31.0. The molecule has 1 saturated carbocycles. The summed E-state index contributed by atoms with van der Waals surface area (Å²) in [5.74, 6) is -1.31. The van der Waals surface area contributed by atoms with Crippen molar-refractivity contribution in [3.05, 3.63) is 128 Å². The van der Waals surface area contributed by atoms with Crippen molar-refractivity contribution < 1.29 is 24.0 Å². The topological polar surface area (TPSA) is 108 Å². The molecule has 1 heterocycles. The quantitative estimate of drug-likeness (QED) is 0.0701. The predicted octanol–water partition coefficient (Wildman–Crippen LogP) is 8.29. The Kier molecular flexibility index (Phi) is 8.53. The van der Waals surface area contributed by atoms with E-state index in [9.17, 15) is 19.7 Å². The normalized spacial score (nSPS) is 21.8. The number of thioether (sulfide) groups is 1. The van der Waals surface area contributed by atoms with Crippen LogP contribution in [0.2, 0.25) is 5.02 Å². The van der Waals surface area contributed by atoms with Crippen molar-refractivity contribution in [2.45, 2.75) is 33.9 Å². The largest absolute Gasteiger partial charge is 0.465 e. The number of ether oxygens (including phenoxy) is 2. The number of nitrogens with one attached hydrogen (secondary N) is 1. The number of nitrogens with zero attached hydrogens (tertiary/aromatic N) is 1. The Balaban J connectivity index is 1.35. The van der Waals surface area contributed by atoms with Gasteiger partial charge in [-0.3, -0.25) is 10.1 Å². The van der Waals surface area contributed by atoms with E-state index in [1.807, 2.05) is 30.3 Å². The van der Waals surface area contributed by atoms with Crippen LogP contribution < -0.4 is 10.1 Å². The molecule has 0 radical (unpaired) electrons. The minimum Gasteiger partial charge on any atom is -0.465 e. The summed E-state index contributed by atoms with van der Waals surface area (Å²) in [5, 5.41) is 15.5. The van der Waals surface area contributed by atoms with E-state index < -0.39 is 17.3 Å². The Morgan fingerprint density at radius 1 is 0.977 bits per heavy atom. The lowest BCUT2D eigenvalue weighted by Crippen LogP contribution is -2.31. The molecular formula is C33H26Cl2N2O6S. The minimum atomic E-state index is -0.629. The van der Waals surface area contributed by atoms with E-state index in [0.29, 0.717) is 21.9 Å². The van der Waals surface area contributed by atoms with E-state index in [1.54, 1.807) is 42.5 Å². The summed E-state index contributed by atoms with van der Waals surface area (Å²) in [5.41, 5.74) is 3.22. The molecule has 1 fully saturated rings. The van der Waals surface area contributed by atoms with Crippen molar-refractivity contribution in [3.8, 4) is 5.75 Å². The van der Waals surface area contributed by atoms with Crippen LogP contribution in [0.3, 0.4) is 0 Å². The SMILES string of the molecule is COC(=O)c1ccccc1OC(=O)c1ccc2c(c1)[C@H]1[C@@H](Cl)[C@@H](Sc3ccccc3[N+](=O)[O-])C[C@H]1[C@H](c1ccc(Cl)cc1)N2. The van der Waals surface area contributed by atoms with Gasteiger partial charge in [0.25, 0.3) is 5.69 Å². The maximum atomic E-state index is 13.4. The third-order valence-electron chi connectivity index (χ3n) is 8.11. The van der Waals surface area contributed by atoms with Crippen molar-refractivity contribution in [3.63, 3.8) is 0 Å². The number of carbonyl (C=O) groups is 2. The Morgan fingerprint density at radius 3 is 2.45 bits per heavy atom. The minimum absolute atomic E-state index is 0.0118. The summed E-state index contributed by atoms with van der Waals surface area (Å²) in [6, 6.07) is 25.9. The first-order valence-corrected chi connectivity index (χ1v) is 15.5. The highest BCUT2D eigenvalue weighted by atomic mass is 35.5.